The highest BCUT2D eigenvalue weighted by Crippen LogP contribution is 2.33. The molecule has 0 unspecified atom stereocenters. The molecule has 1 saturated heterocycles. The van der Waals surface area contributed by atoms with Gasteiger partial charge in [-0.15, -0.1) is 11.3 Å². The monoisotopic (exact) mass is 308 g/mol. The second-order valence-electron chi connectivity index (χ2n) is 4.63. The Kier molecular flexibility index (Phi) is 3.85. The molecule has 5 nitrogen and oxygen atoms in total. The van der Waals surface area contributed by atoms with Crippen molar-refractivity contribution in [1.29, 1.82) is 0 Å². The molecule has 0 radical (unpaired) electrons. The van der Waals surface area contributed by atoms with Crippen molar-refractivity contribution in [3.05, 3.63) is 35.0 Å². The number of carbonyl (C=O) groups excluding carboxylic acids is 1. The van der Waals surface area contributed by atoms with Crippen molar-refractivity contribution in [2.45, 2.75) is 12.8 Å². The van der Waals surface area contributed by atoms with Gasteiger partial charge >= 0.3 is 0 Å². The summed E-state index contributed by atoms with van der Waals surface area (Å²) in [6, 6.07) is 5.86. The molecule has 1 aromatic carbocycles. The van der Waals surface area contributed by atoms with E-state index in [-0.39, 0.29) is 10.8 Å². The minimum Gasteiger partial charge on any atom is -0.492 e. The zero-order chi connectivity index (χ0) is 14.8. The molecule has 2 heterocycles. The first-order chi connectivity index (χ1) is 10.1. The summed E-state index contributed by atoms with van der Waals surface area (Å²) < 4.78 is 13.2. The van der Waals surface area contributed by atoms with E-state index in [4.69, 9.17) is 4.84 Å². The molecule has 1 amide bonds. The van der Waals surface area contributed by atoms with Crippen LogP contribution in [0.25, 0.3) is 10.6 Å². The van der Waals surface area contributed by atoms with E-state index in [9.17, 15) is 14.3 Å². The second kappa shape index (κ2) is 5.79. The molecule has 0 spiro atoms. The van der Waals surface area contributed by atoms with Crippen LogP contribution in [-0.4, -0.2) is 34.2 Å². The van der Waals surface area contributed by atoms with Crippen LogP contribution in [0.4, 0.5) is 4.39 Å². The first-order valence-electron chi connectivity index (χ1n) is 6.55. The number of rotatable bonds is 2. The summed E-state index contributed by atoms with van der Waals surface area (Å²) in [7, 11) is 0. The Balaban J connectivity index is 1.89. The fourth-order valence-corrected chi connectivity index (χ4v) is 2.96. The van der Waals surface area contributed by atoms with Gasteiger partial charge in [-0.3, -0.25) is 9.63 Å². The topological polar surface area (TPSA) is 62.7 Å². The number of thiazole rings is 1. The summed E-state index contributed by atoms with van der Waals surface area (Å²) in [5.74, 6) is -1.15. The van der Waals surface area contributed by atoms with Crippen molar-refractivity contribution in [3.8, 4) is 16.5 Å². The van der Waals surface area contributed by atoms with E-state index in [1.807, 2.05) is 0 Å². The maximum absolute atomic E-state index is 13.2. The van der Waals surface area contributed by atoms with Gasteiger partial charge in [0.25, 0.3) is 5.91 Å². The van der Waals surface area contributed by atoms with Crippen molar-refractivity contribution < 1.29 is 19.1 Å². The maximum atomic E-state index is 13.2. The molecule has 2 aromatic rings. The number of halogens is 1. The fraction of sp³-hybridized carbons (Fsp3) is 0.286. The molecule has 1 aliphatic heterocycles. The fourth-order valence-electron chi connectivity index (χ4n) is 2.07. The molecule has 1 fully saturated rings. The van der Waals surface area contributed by atoms with Crippen LogP contribution < -0.4 is 0 Å². The molecule has 1 aromatic heterocycles. The Morgan fingerprint density at radius 2 is 2.29 bits per heavy atom. The van der Waals surface area contributed by atoms with Crippen LogP contribution in [0.5, 0.6) is 5.88 Å². The van der Waals surface area contributed by atoms with Crippen LogP contribution >= 0.6 is 11.3 Å². The number of amides is 1. The van der Waals surface area contributed by atoms with E-state index >= 15 is 0 Å². The first kappa shape index (κ1) is 14.0. The standard InChI is InChI=1S/C14H13FN2O3S/c15-10-5-3-4-9(8-10)13-16-12(18)11(21-13)14(19)17-6-1-2-7-20-17/h3-5,8,18H,1-2,6-7H2. The largest absolute Gasteiger partial charge is 0.492 e. The smallest absolute Gasteiger partial charge is 0.293 e. The Morgan fingerprint density at radius 1 is 1.43 bits per heavy atom. The summed E-state index contributed by atoms with van der Waals surface area (Å²) in [6.45, 7) is 0.980. The van der Waals surface area contributed by atoms with Gasteiger partial charge in [-0.1, -0.05) is 12.1 Å². The minimum absolute atomic E-state index is 0.108. The van der Waals surface area contributed by atoms with Crippen LogP contribution in [0, 0.1) is 5.82 Å². The number of benzene rings is 1. The Morgan fingerprint density at radius 3 is 3.00 bits per heavy atom. The van der Waals surface area contributed by atoms with Gasteiger partial charge in [-0.2, -0.15) is 0 Å². The summed E-state index contributed by atoms with van der Waals surface area (Å²) in [6.07, 6.45) is 1.77. The molecule has 0 saturated carbocycles. The number of hydrogen-bond donors (Lipinski definition) is 1. The highest BCUT2D eigenvalue weighted by molar-refractivity contribution is 7.17. The summed E-state index contributed by atoms with van der Waals surface area (Å²) in [5.41, 5.74) is 0.522. The maximum Gasteiger partial charge on any atom is 0.293 e. The number of hydrogen-bond acceptors (Lipinski definition) is 5. The second-order valence-corrected chi connectivity index (χ2v) is 5.63. The SMILES string of the molecule is O=C(c1sc(-c2cccc(F)c2)nc1O)N1CCCCO1. The molecular weight excluding hydrogens is 295 g/mol. The van der Waals surface area contributed by atoms with Gasteiger partial charge in [0.2, 0.25) is 5.88 Å². The zero-order valence-electron chi connectivity index (χ0n) is 11.1. The van der Waals surface area contributed by atoms with Crippen LogP contribution in [0.15, 0.2) is 24.3 Å². The molecule has 21 heavy (non-hydrogen) atoms. The van der Waals surface area contributed by atoms with E-state index in [0.717, 1.165) is 24.2 Å². The Hall–Kier alpha value is -1.99. The first-order valence-corrected chi connectivity index (χ1v) is 7.37. The number of aromatic hydroxyl groups is 1. The molecule has 1 N–H and O–H groups in total. The number of aromatic nitrogens is 1. The third-order valence-electron chi connectivity index (χ3n) is 3.10. The van der Waals surface area contributed by atoms with Crippen LogP contribution in [0.3, 0.4) is 0 Å². The van der Waals surface area contributed by atoms with Gasteiger partial charge in [-0.25, -0.2) is 14.4 Å². The lowest BCUT2D eigenvalue weighted by Gasteiger charge is -2.25. The van der Waals surface area contributed by atoms with E-state index < -0.39 is 11.7 Å². The highest BCUT2D eigenvalue weighted by Gasteiger charge is 2.26. The van der Waals surface area contributed by atoms with Crippen molar-refractivity contribution in [3.63, 3.8) is 0 Å². The molecule has 7 heteroatoms. The summed E-state index contributed by atoms with van der Waals surface area (Å²) >= 11 is 1.02. The van der Waals surface area contributed by atoms with Crippen molar-refractivity contribution in [2.75, 3.05) is 13.2 Å². The molecule has 3 rings (SSSR count). The zero-order valence-corrected chi connectivity index (χ0v) is 11.9. The Bertz CT molecular complexity index is 668. The van der Waals surface area contributed by atoms with E-state index in [1.165, 1.54) is 17.2 Å². The molecular formula is C14H13FN2O3S. The van der Waals surface area contributed by atoms with Crippen molar-refractivity contribution in [2.24, 2.45) is 0 Å². The lowest BCUT2D eigenvalue weighted by atomic mass is 10.2. The summed E-state index contributed by atoms with van der Waals surface area (Å²) in [4.78, 5) is 21.6. The lowest BCUT2D eigenvalue weighted by molar-refractivity contribution is -0.144. The molecule has 1 aliphatic rings. The summed E-state index contributed by atoms with van der Waals surface area (Å²) in [5, 5.41) is 11.5. The quantitative estimate of drug-likeness (QED) is 0.926. The van der Waals surface area contributed by atoms with E-state index in [0.29, 0.717) is 23.7 Å². The van der Waals surface area contributed by atoms with Gasteiger partial charge in [0.05, 0.1) is 6.61 Å². The average molecular weight is 308 g/mol. The minimum atomic E-state index is -0.410. The number of nitrogens with zero attached hydrogens (tertiary/aromatic N) is 2. The van der Waals surface area contributed by atoms with Crippen molar-refractivity contribution in [1.82, 2.24) is 10.0 Å². The lowest BCUT2D eigenvalue weighted by Crippen LogP contribution is -2.35. The molecule has 110 valence electrons. The van der Waals surface area contributed by atoms with E-state index in [2.05, 4.69) is 4.98 Å². The molecule has 0 atom stereocenters. The third-order valence-corrected chi connectivity index (χ3v) is 4.19. The highest BCUT2D eigenvalue weighted by atomic mass is 32.1. The Labute approximate surface area is 124 Å². The average Bonchev–Trinajstić information content (AvgIpc) is 2.89. The normalized spacial score (nSPS) is 15.2. The van der Waals surface area contributed by atoms with Gasteiger partial charge in [-0.05, 0) is 25.0 Å². The van der Waals surface area contributed by atoms with Crippen LogP contribution in [-0.2, 0) is 4.84 Å². The molecule has 0 aliphatic carbocycles. The van der Waals surface area contributed by atoms with Crippen molar-refractivity contribution >= 4 is 17.2 Å². The third kappa shape index (κ3) is 2.88. The molecule has 0 bridgehead atoms. The van der Waals surface area contributed by atoms with Crippen LogP contribution in [0.2, 0.25) is 0 Å². The van der Waals surface area contributed by atoms with Gasteiger partial charge < -0.3 is 5.11 Å². The van der Waals surface area contributed by atoms with Crippen LogP contribution in [0.1, 0.15) is 22.5 Å². The predicted molar refractivity (Wildman–Crippen MR) is 75.4 cm³/mol. The van der Waals surface area contributed by atoms with Gasteiger partial charge in [0.1, 0.15) is 10.8 Å². The van der Waals surface area contributed by atoms with Gasteiger partial charge in [0.15, 0.2) is 4.88 Å². The van der Waals surface area contributed by atoms with E-state index in [1.54, 1.807) is 12.1 Å². The van der Waals surface area contributed by atoms with Gasteiger partial charge in [0, 0.05) is 12.1 Å². The number of carbonyl (C=O) groups is 1. The number of hydroxylamine groups is 2. The predicted octanol–water partition coefficient (Wildman–Crippen LogP) is 2.82.